The van der Waals surface area contributed by atoms with Crippen LogP contribution in [-0.4, -0.2) is 10.9 Å². The van der Waals surface area contributed by atoms with Gasteiger partial charge >= 0.3 is 0 Å². The van der Waals surface area contributed by atoms with E-state index >= 15 is 0 Å². The first-order valence-electron chi connectivity index (χ1n) is 3.77. The normalized spacial score (nSPS) is 10.6. The lowest BCUT2D eigenvalue weighted by Crippen LogP contribution is -1.81. The Morgan fingerprint density at radius 1 is 1.54 bits per heavy atom. The van der Waals surface area contributed by atoms with Crippen LogP contribution in [0.25, 0.3) is 6.08 Å². The number of hydrogen-bond acceptors (Lipinski definition) is 2. The molecule has 0 saturated carbocycles. The fraction of sp³-hybridized carbons (Fsp3) is 0.100. The monoisotopic (exact) mass is 240 g/mol. The summed E-state index contributed by atoms with van der Waals surface area (Å²) in [7, 11) is 0. The van der Waals surface area contributed by atoms with Crippen molar-refractivity contribution in [2.45, 2.75) is 6.92 Å². The molecule has 68 valence electrons. The van der Waals surface area contributed by atoms with Crippen molar-refractivity contribution in [2.75, 3.05) is 0 Å². The number of halogens is 1. The third-order valence-corrected chi connectivity index (χ3v) is 2.20. The van der Waals surface area contributed by atoms with Crippen molar-refractivity contribution in [3.05, 3.63) is 34.3 Å². The minimum Gasteiger partial charge on any atom is -0.508 e. The van der Waals surface area contributed by atoms with Crippen molar-refractivity contribution in [3.8, 4) is 5.75 Å². The summed E-state index contributed by atoms with van der Waals surface area (Å²) < 4.78 is 0.850. The molecule has 0 unspecified atom stereocenters. The van der Waals surface area contributed by atoms with Crippen LogP contribution >= 0.6 is 15.9 Å². The van der Waals surface area contributed by atoms with Crippen LogP contribution in [0, 0.1) is 0 Å². The average molecular weight is 241 g/mol. The third-order valence-electron chi connectivity index (χ3n) is 1.48. The Bertz CT molecular complexity index is 356. The molecular formula is C10H9BrO2. The maximum absolute atomic E-state index is 10.6. The van der Waals surface area contributed by atoms with E-state index in [2.05, 4.69) is 15.9 Å². The lowest BCUT2D eigenvalue weighted by Gasteiger charge is -1.98. The highest BCUT2D eigenvalue weighted by Gasteiger charge is 1.97. The molecule has 0 spiro atoms. The smallest absolute Gasteiger partial charge is 0.152 e. The van der Waals surface area contributed by atoms with E-state index in [1.54, 1.807) is 24.3 Å². The van der Waals surface area contributed by atoms with Crippen molar-refractivity contribution in [1.82, 2.24) is 0 Å². The van der Waals surface area contributed by atoms with Gasteiger partial charge in [0.25, 0.3) is 0 Å². The van der Waals surface area contributed by atoms with Crippen molar-refractivity contribution >= 4 is 27.8 Å². The minimum atomic E-state index is -0.0183. The van der Waals surface area contributed by atoms with Crippen LogP contribution < -0.4 is 0 Å². The Balaban J connectivity index is 3.00. The van der Waals surface area contributed by atoms with Crippen molar-refractivity contribution in [3.63, 3.8) is 0 Å². The fourth-order valence-electron chi connectivity index (χ4n) is 0.866. The van der Waals surface area contributed by atoms with Crippen LogP contribution in [0.1, 0.15) is 12.5 Å². The molecule has 3 heteroatoms. The van der Waals surface area contributed by atoms with Crippen LogP contribution in [0.3, 0.4) is 0 Å². The number of rotatable bonds is 2. The quantitative estimate of drug-likeness (QED) is 0.808. The minimum absolute atomic E-state index is 0.0183. The van der Waals surface area contributed by atoms with Gasteiger partial charge in [-0.05, 0) is 36.8 Å². The van der Waals surface area contributed by atoms with Crippen LogP contribution in [-0.2, 0) is 4.79 Å². The van der Waals surface area contributed by atoms with Crippen molar-refractivity contribution in [1.29, 1.82) is 0 Å². The second kappa shape index (κ2) is 4.23. The van der Waals surface area contributed by atoms with Gasteiger partial charge in [-0.15, -0.1) is 0 Å². The Hall–Kier alpha value is -1.09. The third kappa shape index (κ3) is 3.03. The highest BCUT2D eigenvalue weighted by atomic mass is 79.9. The van der Waals surface area contributed by atoms with Gasteiger partial charge in [-0.3, -0.25) is 4.79 Å². The number of hydrogen-bond donors (Lipinski definition) is 1. The molecule has 0 atom stereocenters. The highest BCUT2D eigenvalue weighted by Crippen LogP contribution is 2.22. The fourth-order valence-corrected chi connectivity index (χ4v) is 1.24. The summed E-state index contributed by atoms with van der Waals surface area (Å²) >= 11 is 3.31. The topological polar surface area (TPSA) is 37.3 Å². The highest BCUT2D eigenvalue weighted by molar-refractivity contribution is 9.10. The number of benzene rings is 1. The second-order valence-corrected chi connectivity index (χ2v) is 3.50. The maximum atomic E-state index is 10.6. The number of carbonyl (C=O) groups excluding carboxylic acids is 1. The molecule has 0 bridgehead atoms. The lowest BCUT2D eigenvalue weighted by molar-refractivity contribution is -0.112. The number of allylic oxidation sites excluding steroid dienone is 1. The molecule has 0 radical (unpaired) electrons. The second-order valence-electron chi connectivity index (χ2n) is 2.65. The zero-order chi connectivity index (χ0) is 9.84. The SMILES string of the molecule is CC(=O)/C=C/c1cc(O)ccc1Br. The number of phenols is 1. The van der Waals surface area contributed by atoms with Gasteiger partial charge in [0.1, 0.15) is 5.75 Å². The number of carbonyl (C=O) groups is 1. The van der Waals surface area contributed by atoms with E-state index in [4.69, 9.17) is 5.11 Å². The molecule has 1 aromatic rings. The Labute approximate surface area is 85.0 Å². The first kappa shape index (κ1) is 9.99. The molecular weight excluding hydrogens is 232 g/mol. The van der Waals surface area contributed by atoms with Gasteiger partial charge in [0.2, 0.25) is 0 Å². The molecule has 0 amide bonds. The van der Waals surface area contributed by atoms with Crippen LogP contribution in [0.4, 0.5) is 0 Å². The molecule has 0 heterocycles. The Morgan fingerprint density at radius 3 is 2.85 bits per heavy atom. The zero-order valence-electron chi connectivity index (χ0n) is 7.12. The summed E-state index contributed by atoms with van der Waals surface area (Å²) in [6.45, 7) is 1.48. The maximum Gasteiger partial charge on any atom is 0.152 e. The molecule has 0 fully saturated rings. The van der Waals surface area contributed by atoms with Gasteiger partial charge in [-0.25, -0.2) is 0 Å². The predicted octanol–water partition coefficient (Wildman–Crippen LogP) is 2.76. The molecule has 1 aromatic carbocycles. The van der Waals surface area contributed by atoms with Gasteiger partial charge in [0.05, 0.1) is 0 Å². The predicted molar refractivity (Wildman–Crippen MR) is 55.5 cm³/mol. The number of phenolic OH excluding ortho intramolecular Hbond substituents is 1. The summed E-state index contributed by atoms with van der Waals surface area (Å²) in [4.78, 5) is 10.6. The molecule has 0 aliphatic rings. The standard InChI is InChI=1S/C10H9BrO2/c1-7(12)2-3-8-6-9(13)4-5-10(8)11/h2-6,13H,1H3/b3-2+. The van der Waals surface area contributed by atoms with Crippen molar-refractivity contribution in [2.24, 2.45) is 0 Å². The first-order valence-corrected chi connectivity index (χ1v) is 4.56. The van der Waals surface area contributed by atoms with E-state index < -0.39 is 0 Å². The van der Waals surface area contributed by atoms with E-state index in [0.717, 1.165) is 10.0 Å². The van der Waals surface area contributed by atoms with E-state index in [1.807, 2.05) is 0 Å². The van der Waals surface area contributed by atoms with Crippen LogP contribution in [0.5, 0.6) is 5.75 Å². The molecule has 0 aliphatic carbocycles. The Kier molecular flexibility index (Phi) is 3.25. The van der Waals surface area contributed by atoms with Crippen LogP contribution in [0.15, 0.2) is 28.7 Å². The van der Waals surface area contributed by atoms with Crippen molar-refractivity contribution < 1.29 is 9.90 Å². The van der Waals surface area contributed by atoms with Gasteiger partial charge in [0, 0.05) is 4.47 Å². The van der Waals surface area contributed by atoms with Gasteiger partial charge in [-0.1, -0.05) is 22.0 Å². The summed E-state index contributed by atoms with van der Waals surface area (Å²) in [6, 6.07) is 4.90. The first-order chi connectivity index (χ1) is 6.09. The lowest BCUT2D eigenvalue weighted by atomic mass is 10.2. The molecule has 1 rings (SSSR count). The Morgan fingerprint density at radius 2 is 2.23 bits per heavy atom. The van der Waals surface area contributed by atoms with E-state index in [9.17, 15) is 4.79 Å². The zero-order valence-corrected chi connectivity index (χ0v) is 8.71. The van der Waals surface area contributed by atoms with Gasteiger partial charge in [0.15, 0.2) is 5.78 Å². The molecule has 0 aliphatic heterocycles. The van der Waals surface area contributed by atoms with Gasteiger partial charge < -0.3 is 5.11 Å². The van der Waals surface area contributed by atoms with Crippen LogP contribution in [0.2, 0.25) is 0 Å². The summed E-state index contributed by atoms with van der Waals surface area (Å²) in [6.07, 6.45) is 3.12. The average Bonchev–Trinajstić information content (AvgIpc) is 2.06. The number of aromatic hydroxyl groups is 1. The molecule has 0 saturated heterocycles. The van der Waals surface area contributed by atoms with E-state index in [0.29, 0.717) is 0 Å². The van der Waals surface area contributed by atoms with Gasteiger partial charge in [-0.2, -0.15) is 0 Å². The molecule has 0 aromatic heterocycles. The summed E-state index contributed by atoms with van der Waals surface area (Å²) in [5.41, 5.74) is 0.787. The summed E-state index contributed by atoms with van der Waals surface area (Å²) in [5, 5.41) is 9.16. The summed E-state index contributed by atoms with van der Waals surface area (Å²) in [5.74, 6) is 0.168. The number of ketones is 1. The van der Waals surface area contributed by atoms with E-state index in [-0.39, 0.29) is 11.5 Å². The largest absolute Gasteiger partial charge is 0.508 e. The molecule has 2 nitrogen and oxygen atoms in total. The van der Waals surface area contributed by atoms with E-state index in [1.165, 1.54) is 13.0 Å². The molecule has 13 heavy (non-hydrogen) atoms. The molecule has 1 N–H and O–H groups in total.